The zero-order chi connectivity index (χ0) is 18.1. The molecule has 4 nitrogen and oxygen atoms in total. The molecule has 0 saturated carbocycles. The smallest absolute Gasteiger partial charge is 0.262 e. The molecule has 25 heavy (non-hydrogen) atoms. The van der Waals surface area contributed by atoms with E-state index in [1.165, 1.54) is 29.4 Å². The van der Waals surface area contributed by atoms with E-state index < -0.39 is 0 Å². The van der Waals surface area contributed by atoms with Crippen LogP contribution in [0.15, 0.2) is 42.5 Å². The number of benzene rings is 1. The summed E-state index contributed by atoms with van der Waals surface area (Å²) in [4.78, 5) is 14.0. The van der Waals surface area contributed by atoms with Crippen LogP contribution in [0, 0.1) is 6.92 Å². The van der Waals surface area contributed by atoms with Crippen LogP contribution in [0.2, 0.25) is 0 Å². The van der Waals surface area contributed by atoms with E-state index in [9.17, 15) is 4.79 Å². The molecule has 0 radical (unpaired) electrons. The number of hydrazine groups is 1. The van der Waals surface area contributed by atoms with Gasteiger partial charge in [0, 0.05) is 21.5 Å². The molecule has 1 amide bonds. The maximum Gasteiger partial charge on any atom is 0.262 e. The third-order valence-electron chi connectivity index (χ3n) is 3.49. The molecule has 2 aromatic rings. The summed E-state index contributed by atoms with van der Waals surface area (Å²) < 4.78 is 0. The Hall–Kier alpha value is -2.18. The standard InChI is InChI=1S/C19H23N3OS2/c1-3-4-5-15-7-9-16(10-8-15)20-19(24)22-21-18(23)13-12-17-11-6-14(2)25-17/h6-13H,3-5H2,1-2H3,(H,21,23)(H2,20,22,24)/b13-12+. The van der Waals surface area contributed by atoms with E-state index in [1.54, 1.807) is 17.4 Å². The number of unbranched alkanes of at least 4 members (excludes halogenated alkanes) is 1. The van der Waals surface area contributed by atoms with Gasteiger partial charge in [0.1, 0.15) is 0 Å². The number of thiocarbonyl (C=S) groups is 1. The Morgan fingerprint density at radius 1 is 1.16 bits per heavy atom. The maximum absolute atomic E-state index is 11.8. The highest BCUT2D eigenvalue weighted by atomic mass is 32.1. The number of thiophene rings is 1. The van der Waals surface area contributed by atoms with Crippen LogP contribution < -0.4 is 16.2 Å². The third-order valence-corrected chi connectivity index (χ3v) is 4.66. The van der Waals surface area contributed by atoms with Crippen LogP contribution >= 0.6 is 23.6 Å². The molecular formula is C19H23N3OS2. The Labute approximate surface area is 158 Å². The summed E-state index contributed by atoms with van der Waals surface area (Å²) in [7, 11) is 0. The van der Waals surface area contributed by atoms with Crippen molar-refractivity contribution in [2.45, 2.75) is 33.1 Å². The van der Waals surface area contributed by atoms with E-state index >= 15 is 0 Å². The number of aryl methyl sites for hydroxylation is 2. The number of carbonyl (C=O) groups is 1. The van der Waals surface area contributed by atoms with Crippen LogP contribution in [0.5, 0.6) is 0 Å². The van der Waals surface area contributed by atoms with Crippen LogP contribution in [0.25, 0.3) is 6.08 Å². The lowest BCUT2D eigenvalue weighted by molar-refractivity contribution is -0.116. The SMILES string of the molecule is CCCCc1ccc(NC(=S)NNC(=O)/C=C/c2ccc(C)s2)cc1. The van der Waals surface area contributed by atoms with Crippen molar-refractivity contribution in [2.24, 2.45) is 0 Å². The van der Waals surface area contributed by atoms with E-state index in [2.05, 4.69) is 35.2 Å². The first kappa shape index (κ1) is 19.1. The fourth-order valence-electron chi connectivity index (χ4n) is 2.16. The Balaban J connectivity index is 1.74. The molecule has 6 heteroatoms. The lowest BCUT2D eigenvalue weighted by Gasteiger charge is -2.11. The topological polar surface area (TPSA) is 53.2 Å². The van der Waals surface area contributed by atoms with Crippen molar-refractivity contribution < 1.29 is 4.79 Å². The number of hydrogen-bond donors (Lipinski definition) is 3. The molecule has 1 aromatic heterocycles. The van der Waals surface area contributed by atoms with Crippen LogP contribution in [0.3, 0.4) is 0 Å². The number of hydrogen-bond acceptors (Lipinski definition) is 3. The van der Waals surface area contributed by atoms with Crippen molar-refractivity contribution in [2.75, 3.05) is 5.32 Å². The van der Waals surface area contributed by atoms with Crippen molar-refractivity contribution in [3.8, 4) is 0 Å². The third kappa shape index (κ3) is 7.07. The highest BCUT2D eigenvalue weighted by Crippen LogP contribution is 2.16. The molecule has 0 aliphatic rings. The number of amides is 1. The zero-order valence-corrected chi connectivity index (χ0v) is 16.1. The first-order chi connectivity index (χ1) is 12.1. The quantitative estimate of drug-likeness (QED) is 0.398. The van der Waals surface area contributed by atoms with E-state index in [1.807, 2.05) is 31.2 Å². The molecule has 0 bridgehead atoms. The molecular weight excluding hydrogens is 350 g/mol. The van der Waals surface area contributed by atoms with Gasteiger partial charge in [-0.15, -0.1) is 11.3 Å². The second-order valence-electron chi connectivity index (χ2n) is 5.65. The lowest BCUT2D eigenvalue weighted by Crippen LogP contribution is -2.43. The first-order valence-corrected chi connectivity index (χ1v) is 9.49. The number of rotatable bonds is 6. The Kier molecular flexibility index (Phi) is 7.63. The Morgan fingerprint density at radius 2 is 1.92 bits per heavy atom. The molecule has 0 atom stereocenters. The molecule has 1 heterocycles. The number of nitrogens with one attached hydrogen (secondary N) is 3. The van der Waals surface area contributed by atoms with Gasteiger partial charge < -0.3 is 5.32 Å². The molecule has 1 aromatic carbocycles. The van der Waals surface area contributed by atoms with Gasteiger partial charge in [0.2, 0.25) is 0 Å². The van der Waals surface area contributed by atoms with E-state index in [0.29, 0.717) is 5.11 Å². The predicted octanol–water partition coefficient (Wildman–Crippen LogP) is 4.43. The molecule has 0 saturated heterocycles. The van der Waals surface area contributed by atoms with E-state index in [0.717, 1.165) is 17.0 Å². The largest absolute Gasteiger partial charge is 0.331 e. The zero-order valence-electron chi connectivity index (χ0n) is 14.5. The van der Waals surface area contributed by atoms with Crippen molar-refractivity contribution in [3.63, 3.8) is 0 Å². The van der Waals surface area contributed by atoms with Crippen LogP contribution in [-0.2, 0) is 11.2 Å². The molecule has 0 aliphatic carbocycles. The Bertz CT molecular complexity index is 735. The fourth-order valence-corrected chi connectivity index (χ4v) is 3.11. The van der Waals surface area contributed by atoms with E-state index in [-0.39, 0.29) is 5.91 Å². The monoisotopic (exact) mass is 373 g/mol. The van der Waals surface area contributed by atoms with Gasteiger partial charge in [0.05, 0.1) is 0 Å². The second-order valence-corrected chi connectivity index (χ2v) is 7.38. The summed E-state index contributed by atoms with van der Waals surface area (Å²) in [5.74, 6) is -0.259. The molecule has 0 aliphatic heterocycles. The van der Waals surface area contributed by atoms with Gasteiger partial charge in [-0.2, -0.15) is 0 Å². The predicted molar refractivity (Wildman–Crippen MR) is 111 cm³/mol. The van der Waals surface area contributed by atoms with Crippen LogP contribution in [0.1, 0.15) is 35.1 Å². The maximum atomic E-state index is 11.8. The fraction of sp³-hybridized carbons (Fsp3) is 0.263. The van der Waals surface area contributed by atoms with Crippen LogP contribution in [-0.4, -0.2) is 11.0 Å². The van der Waals surface area contributed by atoms with Crippen LogP contribution in [0.4, 0.5) is 5.69 Å². The highest BCUT2D eigenvalue weighted by molar-refractivity contribution is 7.80. The van der Waals surface area contributed by atoms with Gasteiger partial charge in [0.15, 0.2) is 5.11 Å². The molecule has 2 rings (SSSR count). The van der Waals surface area contributed by atoms with Crippen molar-refractivity contribution in [3.05, 3.63) is 57.8 Å². The van der Waals surface area contributed by atoms with Gasteiger partial charge in [-0.1, -0.05) is 25.5 Å². The first-order valence-electron chi connectivity index (χ1n) is 8.27. The van der Waals surface area contributed by atoms with Gasteiger partial charge >= 0.3 is 0 Å². The molecule has 0 spiro atoms. The van der Waals surface area contributed by atoms with Crippen molar-refractivity contribution >= 4 is 46.3 Å². The average molecular weight is 374 g/mol. The minimum atomic E-state index is -0.259. The normalized spacial score (nSPS) is 10.6. The molecule has 132 valence electrons. The lowest BCUT2D eigenvalue weighted by atomic mass is 10.1. The summed E-state index contributed by atoms with van der Waals surface area (Å²) in [6, 6.07) is 12.1. The Morgan fingerprint density at radius 3 is 2.56 bits per heavy atom. The average Bonchev–Trinajstić information content (AvgIpc) is 3.03. The summed E-state index contributed by atoms with van der Waals surface area (Å²) in [5, 5.41) is 3.38. The van der Waals surface area contributed by atoms with Gasteiger partial charge in [0.25, 0.3) is 5.91 Å². The minimum absolute atomic E-state index is 0.259. The second kappa shape index (κ2) is 9.96. The van der Waals surface area contributed by atoms with Gasteiger partial charge in [-0.25, -0.2) is 0 Å². The van der Waals surface area contributed by atoms with Crippen molar-refractivity contribution in [1.29, 1.82) is 0 Å². The van der Waals surface area contributed by atoms with E-state index in [4.69, 9.17) is 12.2 Å². The molecule has 0 fully saturated rings. The summed E-state index contributed by atoms with van der Waals surface area (Å²) >= 11 is 6.82. The minimum Gasteiger partial charge on any atom is -0.331 e. The summed E-state index contributed by atoms with van der Waals surface area (Å²) in [6.45, 7) is 4.22. The highest BCUT2D eigenvalue weighted by Gasteiger charge is 2.00. The van der Waals surface area contributed by atoms with Gasteiger partial charge in [-0.05, 0) is 67.9 Å². The summed E-state index contributed by atoms with van der Waals surface area (Å²) in [5.41, 5.74) is 7.44. The number of anilines is 1. The molecule has 3 N–H and O–H groups in total. The number of carbonyl (C=O) groups excluding carboxylic acids is 1. The molecule has 0 unspecified atom stereocenters. The van der Waals surface area contributed by atoms with Crippen molar-refractivity contribution in [1.82, 2.24) is 10.9 Å². The van der Waals surface area contributed by atoms with Gasteiger partial charge in [-0.3, -0.25) is 15.6 Å². The summed E-state index contributed by atoms with van der Waals surface area (Å²) in [6.07, 6.45) is 6.72.